The standard InChI is InChI=1S/C27H37N7O3/c1-33-22-17-29-27(32-25(22)34(14-12-24(33)35)20-8-3-4-9-20)31-21-11-10-18(15-23(21)37-2)26(36)30-19-7-5-6-13-28-16-19/h10-11,15,17,19-20,28H,3-9,12-14,16H2,1-2H3,(H,30,36)(H,29,31,32). The van der Waals surface area contributed by atoms with Crippen molar-refractivity contribution in [1.82, 2.24) is 20.6 Å². The van der Waals surface area contributed by atoms with Crippen LogP contribution in [0.3, 0.4) is 0 Å². The van der Waals surface area contributed by atoms with Crippen LogP contribution in [0.5, 0.6) is 5.75 Å². The lowest BCUT2D eigenvalue weighted by atomic mass is 10.1. The first kappa shape index (κ1) is 25.3. The normalized spacial score (nSPS) is 20.7. The number of carbonyl (C=O) groups is 2. The van der Waals surface area contributed by atoms with E-state index in [0.29, 0.717) is 42.0 Å². The molecule has 1 saturated carbocycles. The zero-order valence-corrected chi connectivity index (χ0v) is 21.8. The van der Waals surface area contributed by atoms with E-state index < -0.39 is 0 Å². The van der Waals surface area contributed by atoms with Crippen molar-refractivity contribution in [2.75, 3.05) is 48.9 Å². The number of hydrogen-bond acceptors (Lipinski definition) is 8. The largest absolute Gasteiger partial charge is 0.495 e. The molecule has 1 unspecified atom stereocenters. The maximum Gasteiger partial charge on any atom is 0.251 e. The first-order valence-electron chi connectivity index (χ1n) is 13.4. The quantitative estimate of drug-likeness (QED) is 0.547. The molecule has 2 fully saturated rings. The van der Waals surface area contributed by atoms with Gasteiger partial charge in [0.25, 0.3) is 5.91 Å². The van der Waals surface area contributed by atoms with Crippen molar-refractivity contribution < 1.29 is 14.3 Å². The summed E-state index contributed by atoms with van der Waals surface area (Å²) in [6.07, 6.45) is 10.0. The van der Waals surface area contributed by atoms with E-state index in [9.17, 15) is 9.59 Å². The van der Waals surface area contributed by atoms with Crippen LogP contribution in [0, 0.1) is 0 Å². The van der Waals surface area contributed by atoms with Crippen LogP contribution in [0.4, 0.5) is 23.1 Å². The molecular formula is C27H37N7O3. The third-order valence-corrected chi connectivity index (χ3v) is 7.68. The van der Waals surface area contributed by atoms with Gasteiger partial charge in [-0.15, -0.1) is 0 Å². The summed E-state index contributed by atoms with van der Waals surface area (Å²) in [4.78, 5) is 38.8. The van der Waals surface area contributed by atoms with Crippen molar-refractivity contribution in [3.63, 3.8) is 0 Å². The molecule has 1 saturated heterocycles. The Hall–Kier alpha value is -3.40. The highest BCUT2D eigenvalue weighted by Crippen LogP contribution is 2.37. The Bertz CT molecular complexity index is 1130. The minimum absolute atomic E-state index is 0.0706. The number of hydrogen-bond donors (Lipinski definition) is 3. The number of nitrogens with zero attached hydrogens (tertiary/aromatic N) is 4. The number of benzene rings is 1. The Balaban J connectivity index is 1.36. The van der Waals surface area contributed by atoms with Gasteiger partial charge in [-0.05, 0) is 50.4 Å². The number of rotatable bonds is 6. The van der Waals surface area contributed by atoms with Crippen LogP contribution in [-0.2, 0) is 4.79 Å². The Kier molecular flexibility index (Phi) is 7.73. The molecule has 5 rings (SSSR count). The fourth-order valence-electron chi connectivity index (χ4n) is 5.54. The molecule has 37 heavy (non-hydrogen) atoms. The molecular weight excluding hydrogens is 470 g/mol. The predicted molar refractivity (Wildman–Crippen MR) is 144 cm³/mol. The first-order valence-corrected chi connectivity index (χ1v) is 13.4. The summed E-state index contributed by atoms with van der Waals surface area (Å²) in [5, 5.41) is 9.78. The van der Waals surface area contributed by atoms with E-state index in [2.05, 4.69) is 25.8 Å². The highest BCUT2D eigenvalue weighted by atomic mass is 16.5. The van der Waals surface area contributed by atoms with Gasteiger partial charge in [-0.3, -0.25) is 9.59 Å². The third-order valence-electron chi connectivity index (χ3n) is 7.68. The summed E-state index contributed by atoms with van der Waals surface area (Å²) in [6, 6.07) is 5.85. The third kappa shape index (κ3) is 5.64. The number of nitrogens with one attached hydrogen (secondary N) is 3. The maximum atomic E-state index is 12.9. The van der Waals surface area contributed by atoms with E-state index >= 15 is 0 Å². The molecule has 198 valence electrons. The number of amides is 2. The maximum absolute atomic E-state index is 12.9. The molecule has 10 nitrogen and oxygen atoms in total. The molecule has 1 aromatic heterocycles. The van der Waals surface area contributed by atoms with Gasteiger partial charge >= 0.3 is 0 Å². The summed E-state index contributed by atoms with van der Waals surface area (Å²) in [5.41, 5.74) is 1.94. The zero-order valence-electron chi connectivity index (χ0n) is 21.8. The van der Waals surface area contributed by atoms with Gasteiger partial charge in [0, 0.05) is 44.2 Å². The number of aromatic nitrogens is 2. The Labute approximate surface area is 218 Å². The number of carbonyl (C=O) groups excluding carboxylic acids is 2. The zero-order chi connectivity index (χ0) is 25.8. The monoisotopic (exact) mass is 507 g/mol. The number of ether oxygens (including phenoxy) is 1. The molecule has 3 N–H and O–H groups in total. The summed E-state index contributed by atoms with van der Waals surface area (Å²) in [5.74, 6) is 1.69. The number of fused-ring (bicyclic) bond motifs is 1. The second-order valence-electron chi connectivity index (χ2n) is 10.1. The molecule has 2 amide bonds. The van der Waals surface area contributed by atoms with Crippen LogP contribution >= 0.6 is 0 Å². The predicted octanol–water partition coefficient (Wildman–Crippen LogP) is 3.22. The summed E-state index contributed by atoms with van der Waals surface area (Å²) >= 11 is 0. The molecule has 0 spiro atoms. The summed E-state index contributed by atoms with van der Waals surface area (Å²) in [6.45, 7) is 2.44. The van der Waals surface area contributed by atoms with Gasteiger partial charge in [-0.2, -0.15) is 4.98 Å². The summed E-state index contributed by atoms with van der Waals surface area (Å²) < 4.78 is 5.61. The highest BCUT2D eigenvalue weighted by Gasteiger charge is 2.31. The van der Waals surface area contributed by atoms with Gasteiger partial charge in [-0.1, -0.05) is 19.3 Å². The minimum atomic E-state index is -0.111. The number of anilines is 4. The van der Waals surface area contributed by atoms with Crippen molar-refractivity contribution in [3.05, 3.63) is 30.0 Å². The second-order valence-corrected chi connectivity index (χ2v) is 10.1. The van der Waals surface area contributed by atoms with E-state index in [1.54, 1.807) is 37.4 Å². The Morgan fingerprint density at radius 3 is 2.78 bits per heavy atom. The van der Waals surface area contributed by atoms with Crippen LogP contribution < -0.4 is 30.5 Å². The Morgan fingerprint density at radius 2 is 1.97 bits per heavy atom. The second kappa shape index (κ2) is 11.3. The van der Waals surface area contributed by atoms with Gasteiger partial charge in [0.15, 0.2) is 5.82 Å². The van der Waals surface area contributed by atoms with E-state index in [0.717, 1.165) is 56.7 Å². The van der Waals surface area contributed by atoms with E-state index in [4.69, 9.17) is 9.72 Å². The molecule has 3 aliphatic rings. The molecule has 1 atom stereocenters. The lowest BCUT2D eigenvalue weighted by molar-refractivity contribution is -0.118. The topological polar surface area (TPSA) is 112 Å². The van der Waals surface area contributed by atoms with Gasteiger partial charge in [-0.25, -0.2) is 4.98 Å². The van der Waals surface area contributed by atoms with Crippen molar-refractivity contribution in [2.24, 2.45) is 0 Å². The molecule has 1 aromatic carbocycles. The SMILES string of the molecule is COc1cc(C(=O)NC2CCCCNC2)ccc1Nc1ncc2c(n1)N(C1CCCC1)CCC(=O)N2C. The Morgan fingerprint density at radius 1 is 1.16 bits per heavy atom. The first-order chi connectivity index (χ1) is 18.0. The fourth-order valence-corrected chi connectivity index (χ4v) is 5.54. The van der Waals surface area contributed by atoms with Crippen LogP contribution in [0.1, 0.15) is 61.7 Å². The number of methoxy groups -OCH3 is 1. The average molecular weight is 508 g/mol. The lowest BCUT2D eigenvalue weighted by Gasteiger charge is -2.30. The van der Waals surface area contributed by atoms with Crippen molar-refractivity contribution in [3.8, 4) is 5.75 Å². The molecule has 2 aromatic rings. The molecule has 3 heterocycles. The molecule has 2 aliphatic heterocycles. The van der Waals surface area contributed by atoms with Gasteiger partial charge < -0.3 is 30.5 Å². The molecule has 10 heteroatoms. The molecule has 0 radical (unpaired) electrons. The van der Waals surface area contributed by atoms with E-state index in [-0.39, 0.29) is 17.9 Å². The average Bonchev–Trinajstić information content (AvgIpc) is 3.27. The van der Waals surface area contributed by atoms with E-state index in [1.807, 2.05) is 6.07 Å². The van der Waals surface area contributed by atoms with Crippen molar-refractivity contribution in [1.29, 1.82) is 0 Å². The highest BCUT2D eigenvalue weighted by molar-refractivity contribution is 5.97. The molecule has 1 aliphatic carbocycles. The van der Waals surface area contributed by atoms with Crippen LogP contribution in [0.2, 0.25) is 0 Å². The van der Waals surface area contributed by atoms with E-state index in [1.165, 1.54) is 12.8 Å². The fraction of sp³-hybridized carbons (Fsp3) is 0.556. The smallest absolute Gasteiger partial charge is 0.251 e. The van der Waals surface area contributed by atoms with Crippen LogP contribution in [-0.4, -0.2) is 67.7 Å². The van der Waals surface area contributed by atoms with Crippen molar-refractivity contribution >= 4 is 35.0 Å². The van der Waals surface area contributed by atoms with Gasteiger partial charge in [0.05, 0.1) is 19.0 Å². The molecule has 0 bridgehead atoms. The van der Waals surface area contributed by atoms with Gasteiger partial charge in [0.1, 0.15) is 11.4 Å². The minimum Gasteiger partial charge on any atom is -0.495 e. The van der Waals surface area contributed by atoms with Crippen LogP contribution in [0.15, 0.2) is 24.4 Å². The lowest BCUT2D eigenvalue weighted by Crippen LogP contribution is -2.40. The van der Waals surface area contributed by atoms with Crippen molar-refractivity contribution in [2.45, 2.75) is 63.5 Å². The summed E-state index contributed by atoms with van der Waals surface area (Å²) in [7, 11) is 3.37. The van der Waals surface area contributed by atoms with Crippen LogP contribution in [0.25, 0.3) is 0 Å². The van der Waals surface area contributed by atoms with Gasteiger partial charge in [0.2, 0.25) is 11.9 Å².